The van der Waals surface area contributed by atoms with Gasteiger partial charge in [-0.3, -0.25) is 9.59 Å². The highest BCUT2D eigenvalue weighted by atomic mass is 35.5. The van der Waals surface area contributed by atoms with Gasteiger partial charge in [0.1, 0.15) is 19.0 Å². The summed E-state index contributed by atoms with van der Waals surface area (Å²) in [7, 11) is 0. The number of imidazole rings is 1. The fourth-order valence-electron chi connectivity index (χ4n) is 5.66. The van der Waals surface area contributed by atoms with Gasteiger partial charge in [0.2, 0.25) is 0 Å². The molecule has 1 aromatic carbocycles. The highest BCUT2D eigenvalue weighted by molar-refractivity contribution is 6.30. The van der Waals surface area contributed by atoms with Crippen molar-refractivity contribution in [3.8, 4) is 11.5 Å². The van der Waals surface area contributed by atoms with E-state index in [4.69, 9.17) is 21.1 Å². The average Bonchev–Trinajstić information content (AvgIpc) is 3.58. The first-order chi connectivity index (χ1) is 20.9. The van der Waals surface area contributed by atoms with E-state index in [1.165, 1.54) is 12.3 Å². The predicted octanol–water partition coefficient (Wildman–Crippen LogP) is 4.78. The number of anilines is 1. The number of amides is 2. The lowest BCUT2D eigenvalue weighted by Gasteiger charge is -2.40. The first-order valence-electron chi connectivity index (χ1n) is 14.4. The smallest absolute Gasteiger partial charge is 0.405 e. The number of benzene rings is 1. The van der Waals surface area contributed by atoms with Crippen molar-refractivity contribution in [3.05, 3.63) is 65.8 Å². The van der Waals surface area contributed by atoms with Gasteiger partial charge >= 0.3 is 6.18 Å². The minimum absolute atomic E-state index is 0.0576. The summed E-state index contributed by atoms with van der Waals surface area (Å²) in [6, 6.07) is 8.31. The number of piperidine rings is 1. The minimum Gasteiger partial charge on any atom is -0.488 e. The molecule has 44 heavy (non-hydrogen) atoms. The van der Waals surface area contributed by atoms with Gasteiger partial charge in [0.05, 0.1) is 18.4 Å². The number of carbonyl (C=O) groups excluding carboxylic acids is 2. The maximum atomic E-state index is 13.4. The summed E-state index contributed by atoms with van der Waals surface area (Å²) in [5.74, 6) is 0.392. The third kappa shape index (κ3) is 7.74. The molecule has 0 aliphatic carbocycles. The summed E-state index contributed by atoms with van der Waals surface area (Å²) in [5.41, 5.74) is -1.15. The van der Waals surface area contributed by atoms with Gasteiger partial charge < -0.3 is 29.6 Å². The van der Waals surface area contributed by atoms with Gasteiger partial charge in [-0.2, -0.15) is 13.2 Å². The number of aromatic nitrogens is 3. The van der Waals surface area contributed by atoms with Crippen molar-refractivity contribution in [2.75, 3.05) is 18.1 Å². The number of alkyl halides is 3. The largest absolute Gasteiger partial charge is 0.488 e. The van der Waals surface area contributed by atoms with Gasteiger partial charge in [-0.05, 0) is 63.8 Å². The molecule has 236 valence electrons. The Morgan fingerprint density at radius 2 is 1.84 bits per heavy atom. The van der Waals surface area contributed by atoms with Crippen LogP contribution in [0.4, 0.5) is 19.0 Å². The van der Waals surface area contributed by atoms with E-state index >= 15 is 0 Å². The Hall–Kier alpha value is -4.00. The van der Waals surface area contributed by atoms with Gasteiger partial charge in [-0.15, -0.1) is 0 Å². The standard InChI is InChI=1S/C30H34ClF3N6O4/c1-29(2,44-24-7-4-20(31)13-25(24)43-12-11-39-10-9-35-18-39)28(42)38-21-14-22-5-6-23(15-21)40(22)26-8-3-19(16-36-26)27(41)37-17-30(32,33)34/h3-4,7-10,13,16,18,21-23H,5-6,11-12,14-15,17H2,1-2H3,(H,37,41)(H,38,42)/t21?,22-,23+. The molecular formula is C30H34ClF3N6O4. The number of pyridine rings is 1. The Morgan fingerprint density at radius 3 is 2.48 bits per heavy atom. The van der Waals surface area contributed by atoms with Crippen molar-refractivity contribution in [3.63, 3.8) is 0 Å². The van der Waals surface area contributed by atoms with E-state index in [1.54, 1.807) is 50.6 Å². The van der Waals surface area contributed by atoms with Gasteiger partial charge in [0, 0.05) is 47.8 Å². The molecule has 2 aliphatic heterocycles. The number of nitrogens with zero attached hydrogens (tertiary/aromatic N) is 4. The summed E-state index contributed by atoms with van der Waals surface area (Å²) >= 11 is 6.20. The van der Waals surface area contributed by atoms with Crippen LogP contribution in [0.5, 0.6) is 11.5 Å². The third-order valence-corrected chi connectivity index (χ3v) is 8.01. The van der Waals surface area contributed by atoms with E-state index in [1.807, 2.05) is 16.1 Å². The lowest BCUT2D eigenvalue weighted by atomic mass is 9.96. The Labute approximate surface area is 257 Å². The van der Waals surface area contributed by atoms with Crippen molar-refractivity contribution in [2.24, 2.45) is 0 Å². The topological polar surface area (TPSA) is 111 Å². The van der Waals surface area contributed by atoms with Gasteiger partial charge in [0.25, 0.3) is 11.8 Å². The lowest BCUT2D eigenvalue weighted by Crippen LogP contribution is -2.55. The van der Waals surface area contributed by atoms with E-state index in [9.17, 15) is 22.8 Å². The molecule has 2 saturated heterocycles. The van der Waals surface area contributed by atoms with Crippen LogP contribution in [-0.2, 0) is 11.3 Å². The Balaban J connectivity index is 1.17. The van der Waals surface area contributed by atoms with Crippen LogP contribution >= 0.6 is 11.6 Å². The summed E-state index contributed by atoms with van der Waals surface area (Å²) in [6.45, 7) is 2.93. The number of ether oxygens (including phenoxy) is 2. The predicted molar refractivity (Wildman–Crippen MR) is 157 cm³/mol. The molecule has 5 rings (SSSR count). The zero-order chi connectivity index (χ0) is 31.5. The molecule has 2 aliphatic rings. The molecule has 3 aromatic rings. The van der Waals surface area contributed by atoms with E-state index in [0.717, 1.165) is 12.8 Å². The quantitative estimate of drug-likeness (QED) is 0.313. The number of fused-ring (bicyclic) bond motifs is 2. The van der Waals surface area contributed by atoms with Crippen LogP contribution < -0.4 is 25.0 Å². The van der Waals surface area contributed by atoms with E-state index in [0.29, 0.717) is 48.3 Å². The van der Waals surface area contributed by atoms with Crippen LogP contribution in [0.2, 0.25) is 5.02 Å². The maximum Gasteiger partial charge on any atom is 0.405 e. The summed E-state index contributed by atoms with van der Waals surface area (Å²) in [4.78, 5) is 36.1. The van der Waals surface area contributed by atoms with Crippen LogP contribution in [0.15, 0.2) is 55.2 Å². The van der Waals surface area contributed by atoms with Crippen LogP contribution in [0, 0.1) is 0 Å². The highest BCUT2D eigenvalue weighted by Gasteiger charge is 2.43. The summed E-state index contributed by atoms with van der Waals surface area (Å²) in [5, 5.41) is 5.50. The zero-order valence-electron chi connectivity index (χ0n) is 24.3. The third-order valence-electron chi connectivity index (χ3n) is 7.78. The molecule has 2 fully saturated rings. The molecular weight excluding hydrogens is 601 g/mol. The van der Waals surface area contributed by atoms with E-state index < -0.39 is 24.2 Å². The number of hydrogen-bond acceptors (Lipinski definition) is 7. The second-order valence-electron chi connectivity index (χ2n) is 11.5. The zero-order valence-corrected chi connectivity index (χ0v) is 25.1. The molecule has 0 radical (unpaired) electrons. The molecule has 0 spiro atoms. The number of hydrogen-bond donors (Lipinski definition) is 2. The number of nitrogens with one attached hydrogen (secondary N) is 2. The van der Waals surface area contributed by atoms with E-state index in [-0.39, 0.29) is 29.6 Å². The Morgan fingerprint density at radius 1 is 1.09 bits per heavy atom. The van der Waals surface area contributed by atoms with E-state index in [2.05, 4.69) is 20.2 Å². The normalized spacial score (nSPS) is 19.9. The second-order valence-corrected chi connectivity index (χ2v) is 11.9. The molecule has 14 heteroatoms. The van der Waals surface area contributed by atoms with Gasteiger partial charge in [-0.1, -0.05) is 11.6 Å². The summed E-state index contributed by atoms with van der Waals surface area (Å²) < 4.78 is 51.3. The van der Waals surface area contributed by atoms with Crippen molar-refractivity contribution in [1.82, 2.24) is 25.2 Å². The molecule has 2 bridgehead atoms. The van der Waals surface area contributed by atoms with Crippen molar-refractivity contribution in [2.45, 2.75) is 76.0 Å². The van der Waals surface area contributed by atoms with Gasteiger partial charge in [0.15, 0.2) is 17.1 Å². The number of carbonyl (C=O) groups is 2. The Kier molecular flexibility index (Phi) is 9.23. The minimum atomic E-state index is -4.49. The average molecular weight is 635 g/mol. The van der Waals surface area contributed by atoms with Crippen LogP contribution in [0.3, 0.4) is 0 Å². The fourth-order valence-corrected chi connectivity index (χ4v) is 5.83. The SMILES string of the molecule is CC(C)(Oc1ccc(Cl)cc1OCCn1ccnc1)C(=O)NC1C[C@H]2CC[C@@H](C1)N2c1ccc(C(=O)NCC(F)(F)F)cn1. The maximum absolute atomic E-state index is 13.4. The first-order valence-corrected chi connectivity index (χ1v) is 14.7. The molecule has 2 amide bonds. The van der Waals surface area contributed by atoms with Crippen LogP contribution in [-0.4, -0.2) is 69.4 Å². The monoisotopic (exact) mass is 634 g/mol. The van der Waals surface area contributed by atoms with Crippen molar-refractivity contribution in [1.29, 1.82) is 0 Å². The Bertz CT molecular complexity index is 1440. The van der Waals surface area contributed by atoms with Crippen molar-refractivity contribution >= 4 is 29.2 Å². The molecule has 10 nitrogen and oxygen atoms in total. The fraction of sp³-hybridized carbons (Fsp3) is 0.467. The molecule has 3 atom stereocenters. The lowest BCUT2D eigenvalue weighted by molar-refractivity contribution is -0.135. The first kappa shape index (κ1) is 31.4. The molecule has 2 N–H and O–H groups in total. The van der Waals surface area contributed by atoms with Crippen LogP contribution in [0.25, 0.3) is 0 Å². The van der Waals surface area contributed by atoms with Crippen LogP contribution in [0.1, 0.15) is 49.9 Å². The molecule has 0 saturated carbocycles. The second kappa shape index (κ2) is 12.9. The highest BCUT2D eigenvalue weighted by Crippen LogP contribution is 2.39. The number of rotatable bonds is 11. The molecule has 1 unspecified atom stereocenters. The van der Waals surface area contributed by atoms with Crippen molar-refractivity contribution < 1.29 is 32.2 Å². The summed E-state index contributed by atoms with van der Waals surface area (Å²) in [6.07, 6.45) is 5.23. The van der Waals surface area contributed by atoms with Gasteiger partial charge in [-0.25, -0.2) is 9.97 Å². The molecule has 2 aromatic heterocycles. The number of halogens is 4. The molecule has 4 heterocycles.